The third-order valence-corrected chi connectivity index (χ3v) is 9.69. The second-order valence-electron chi connectivity index (χ2n) is 11.3. The number of carbonyl (C=O) groups is 1. The van der Waals surface area contributed by atoms with Gasteiger partial charge in [-0.1, -0.05) is 88.8 Å². The van der Waals surface area contributed by atoms with Crippen LogP contribution in [0.4, 0.5) is 0 Å². The molecule has 0 bridgehead atoms. The number of halogens is 2. The summed E-state index contributed by atoms with van der Waals surface area (Å²) in [6, 6.07) is 29.1. The SMILES string of the molecule is CCCCCCOc1ccc(C2(c3ccc(OCCCCCC)cc3)C(=O)c3cc(I)ccc3-c3ccc(I)cc32)cc1. The zero-order valence-electron chi connectivity index (χ0n) is 25.1. The van der Waals surface area contributed by atoms with Crippen molar-refractivity contribution < 1.29 is 14.3 Å². The summed E-state index contributed by atoms with van der Waals surface area (Å²) in [7, 11) is 0. The molecule has 1 aliphatic rings. The van der Waals surface area contributed by atoms with Crippen LogP contribution in [-0.2, 0) is 5.41 Å². The average molecular weight is 799 g/mol. The summed E-state index contributed by atoms with van der Waals surface area (Å²) in [6.45, 7) is 5.84. The first-order chi connectivity index (χ1) is 21.0. The predicted octanol–water partition coefficient (Wildman–Crippen LogP) is 11.0. The van der Waals surface area contributed by atoms with E-state index < -0.39 is 5.41 Å². The monoisotopic (exact) mass is 798 g/mol. The maximum Gasteiger partial charge on any atom is 0.182 e. The second kappa shape index (κ2) is 15.1. The van der Waals surface area contributed by atoms with Crippen LogP contribution in [0.3, 0.4) is 0 Å². The minimum absolute atomic E-state index is 0.0944. The molecule has 0 amide bonds. The lowest BCUT2D eigenvalue weighted by atomic mass is 9.60. The third kappa shape index (κ3) is 6.98. The first-order valence-corrected chi connectivity index (χ1v) is 17.8. The van der Waals surface area contributed by atoms with Gasteiger partial charge in [0.1, 0.15) is 16.9 Å². The standard InChI is InChI=1S/C38H40I2O3/c1-3-5-7-9-23-42-31-17-11-27(12-18-31)38(28-13-19-32(20-14-28)43-24-10-8-6-4-2)36-26-30(40)16-22-34(36)33-21-15-29(39)25-35(33)37(38)41/h11-22,25-26H,3-10,23-24H2,1-2H3. The summed E-state index contributed by atoms with van der Waals surface area (Å²) in [5.41, 5.74) is 4.74. The van der Waals surface area contributed by atoms with Crippen LogP contribution in [-0.4, -0.2) is 19.0 Å². The van der Waals surface area contributed by atoms with E-state index >= 15 is 4.79 Å². The summed E-state index contributed by atoms with van der Waals surface area (Å²) in [5.74, 6) is 1.77. The molecule has 5 rings (SSSR count). The van der Waals surface area contributed by atoms with Crippen molar-refractivity contribution in [2.24, 2.45) is 0 Å². The van der Waals surface area contributed by atoms with E-state index in [1.165, 1.54) is 38.5 Å². The lowest BCUT2D eigenvalue weighted by molar-refractivity contribution is 0.0933. The Kier molecular flexibility index (Phi) is 11.2. The number of ketones is 1. The van der Waals surface area contributed by atoms with Crippen molar-refractivity contribution in [3.8, 4) is 22.6 Å². The molecule has 0 saturated heterocycles. The number of hydrogen-bond acceptors (Lipinski definition) is 3. The van der Waals surface area contributed by atoms with Crippen molar-refractivity contribution >= 4 is 51.0 Å². The molecule has 0 atom stereocenters. The number of carbonyl (C=O) groups excluding carboxylic acids is 1. The highest BCUT2D eigenvalue weighted by Gasteiger charge is 2.49. The summed E-state index contributed by atoms with van der Waals surface area (Å²) in [5, 5.41) is 0. The van der Waals surface area contributed by atoms with Crippen LogP contribution in [0.2, 0.25) is 0 Å². The van der Waals surface area contributed by atoms with Crippen LogP contribution in [0.5, 0.6) is 11.5 Å². The van der Waals surface area contributed by atoms with Crippen molar-refractivity contribution in [3.05, 3.63) is 114 Å². The molecule has 1 aliphatic carbocycles. The third-order valence-electron chi connectivity index (χ3n) is 8.35. The minimum Gasteiger partial charge on any atom is -0.494 e. The molecule has 0 fully saturated rings. The van der Waals surface area contributed by atoms with Gasteiger partial charge in [-0.2, -0.15) is 0 Å². The Morgan fingerprint density at radius 2 is 1.05 bits per heavy atom. The molecule has 5 heteroatoms. The van der Waals surface area contributed by atoms with E-state index in [4.69, 9.17) is 9.47 Å². The molecule has 43 heavy (non-hydrogen) atoms. The van der Waals surface area contributed by atoms with E-state index in [9.17, 15) is 0 Å². The van der Waals surface area contributed by atoms with Gasteiger partial charge in [-0.3, -0.25) is 4.79 Å². The van der Waals surface area contributed by atoms with Crippen LogP contribution in [0.15, 0.2) is 84.9 Å². The van der Waals surface area contributed by atoms with Gasteiger partial charge in [0.15, 0.2) is 5.78 Å². The Morgan fingerprint density at radius 1 is 0.558 bits per heavy atom. The fourth-order valence-electron chi connectivity index (χ4n) is 6.11. The van der Waals surface area contributed by atoms with Crippen molar-refractivity contribution in [2.45, 2.75) is 70.6 Å². The Labute approximate surface area is 284 Å². The van der Waals surface area contributed by atoms with Gasteiger partial charge in [0.05, 0.1) is 13.2 Å². The molecule has 0 saturated carbocycles. The van der Waals surface area contributed by atoms with Crippen molar-refractivity contribution in [3.63, 3.8) is 0 Å². The van der Waals surface area contributed by atoms with E-state index in [-0.39, 0.29) is 5.78 Å². The quantitative estimate of drug-likeness (QED) is 0.0942. The fraction of sp³-hybridized carbons (Fsp3) is 0.342. The molecule has 0 heterocycles. The van der Waals surface area contributed by atoms with Gasteiger partial charge in [0, 0.05) is 12.7 Å². The molecule has 3 nitrogen and oxygen atoms in total. The molecule has 0 spiro atoms. The molecular weight excluding hydrogens is 758 g/mol. The summed E-state index contributed by atoms with van der Waals surface area (Å²) in [6.07, 6.45) is 9.33. The highest BCUT2D eigenvalue weighted by atomic mass is 127. The molecule has 0 aliphatic heterocycles. The van der Waals surface area contributed by atoms with Crippen molar-refractivity contribution in [1.29, 1.82) is 0 Å². The lowest BCUT2D eigenvalue weighted by Crippen LogP contribution is -2.41. The maximum absolute atomic E-state index is 15.0. The molecule has 0 aromatic heterocycles. The molecule has 0 radical (unpaired) electrons. The highest BCUT2D eigenvalue weighted by molar-refractivity contribution is 14.1. The first kappa shape index (κ1) is 32.0. The van der Waals surface area contributed by atoms with Gasteiger partial charge in [0.2, 0.25) is 0 Å². The number of ether oxygens (including phenoxy) is 2. The molecule has 224 valence electrons. The van der Waals surface area contributed by atoms with Crippen molar-refractivity contribution in [2.75, 3.05) is 13.2 Å². The topological polar surface area (TPSA) is 35.5 Å². The number of Topliss-reactive ketones (excluding diaryl/α,β-unsaturated/α-hetero) is 1. The summed E-state index contributed by atoms with van der Waals surface area (Å²) < 4.78 is 14.3. The molecule has 4 aromatic carbocycles. The van der Waals surface area contributed by atoms with Crippen LogP contribution in [0.1, 0.15) is 92.3 Å². The first-order valence-electron chi connectivity index (χ1n) is 15.6. The normalized spacial score (nSPS) is 13.3. The minimum atomic E-state index is -1.01. The Morgan fingerprint density at radius 3 is 1.56 bits per heavy atom. The van der Waals surface area contributed by atoms with Crippen LogP contribution in [0.25, 0.3) is 11.1 Å². The van der Waals surface area contributed by atoms with Gasteiger partial charge in [-0.25, -0.2) is 0 Å². The average Bonchev–Trinajstić information content (AvgIpc) is 3.02. The molecule has 4 aromatic rings. The van der Waals surface area contributed by atoms with Crippen molar-refractivity contribution in [1.82, 2.24) is 0 Å². The molecule has 0 N–H and O–H groups in total. The van der Waals surface area contributed by atoms with E-state index in [2.05, 4.69) is 114 Å². The number of fused-ring (bicyclic) bond motifs is 3. The number of hydrogen-bond donors (Lipinski definition) is 0. The Hall–Kier alpha value is -2.39. The lowest BCUT2D eigenvalue weighted by Gasteiger charge is -2.40. The van der Waals surface area contributed by atoms with Gasteiger partial charge >= 0.3 is 0 Å². The van der Waals surface area contributed by atoms with E-state index in [0.717, 1.165) is 64.9 Å². The zero-order chi connectivity index (χ0) is 30.2. The maximum atomic E-state index is 15.0. The fourth-order valence-corrected chi connectivity index (χ4v) is 7.09. The van der Waals surface area contributed by atoms with Gasteiger partial charge in [-0.05, 0) is 134 Å². The van der Waals surface area contributed by atoms with E-state index in [1.807, 2.05) is 30.3 Å². The van der Waals surface area contributed by atoms with Gasteiger partial charge < -0.3 is 9.47 Å². The summed E-state index contributed by atoms with van der Waals surface area (Å²) in [4.78, 5) is 15.0. The predicted molar refractivity (Wildman–Crippen MR) is 194 cm³/mol. The van der Waals surface area contributed by atoms with Gasteiger partial charge in [0.25, 0.3) is 0 Å². The molecule has 0 unspecified atom stereocenters. The Bertz CT molecular complexity index is 1470. The van der Waals surface area contributed by atoms with Crippen LogP contribution in [0, 0.1) is 7.14 Å². The number of unbranched alkanes of at least 4 members (excludes halogenated alkanes) is 6. The highest BCUT2D eigenvalue weighted by Crippen LogP contribution is 2.51. The largest absolute Gasteiger partial charge is 0.494 e. The zero-order valence-corrected chi connectivity index (χ0v) is 29.4. The van der Waals surface area contributed by atoms with Crippen LogP contribution < -0.4 is 9.47 Å². The molecular formula is C38H40I2O3. The summed E-state index contributed by atoms with van der Waals surface area (Å²) >= 11 is 4.67. The number of rotatable bonds is 14. The Balaban J connectivity index is 1.58. The smallest absolute Gasteiger partial charge is 0.182 e. The van der Waals surface area contributed by atoms with E-state index in [0.29, 0.717) is 13.2 Å². The van der Waals surface area contributed by atoms with Gasteiger partial charge in [-0.15, -0.1) is 0 Å². The van der Waals surface area contributed by atoms with Crippen LogP contribution >= 0.6 is 45.2 Å². The second-order valence-corrected chi connectivity index (χ2v) is 13.8. The number of benzene rings is 4. The van der Waals surface area contributed by atoms with E-state index in [1.54, 1.807) is 0 Å².